The zero-order chi connectivity index (χ0) is 27.2. The molecule has 2 N–H and O–H groups in total. The minimum atomic E-state index is -1.17. The highest BCUT2D eigenvalue weighted by Gasteiger charge is 2.32. The molecule has 1 atom stereocenters. The van der Waals surface area contributed by atoms with Crippen molar-refractivity contribution in [1.29, 1.82) is 0 Å². The highest BCUT2D eigenvalue weighted by Crippen LogP contribution is 2.46. The van der Waals surface area contributed by atoms with Crippen LogP contribution in [0.1, 0.15) is 40.7 Å². The van der Waals surface area contributed by atoms with Crippen LogP contribution in [0.4, 0.5) is 16.1 Å². The van der Waals surface area contributed by atoms with Crippen molar-refractivity contribution < 1.29 is 13.6 Å². The van der Waals surface area contributed by atoms with Gasteiger partial charge in [-0.15, -0.1) is 16.4 Å². The van der Waals surface area contributed by atoms with Gasteiger partial charge in [-0.2, -0.15) is 0 Å². The summed E-state index contributed by atoms with van der Waals surface area (Å²) in [7, 11) is 0. The molecule has 10 nitrogen and oxygen atoms in total. The second-order valence-corrected chi connectivity index (χ2v) is 10.5. The Kier molecular flexibility index (Phi) is 5.89. The molecule has 7 rings (SSSR count). The van der Waals surface area contributed by atoms with E-state index in [9.17, 15) is 9.18 Å². The Hall–Kier alpha value is -4.84. The smallest absolute Gasteiger partial charge is 0.317 e. The number of nitrogens with zero attached hydrogens (tertiary/aromatic N) is 6. The maximum atomic E-state index is 14.8. The van der Waals surface area contributed by atoms with E-state index in [1.807, 2.05) is 37.3 Å². The fourth-order valence-corrected chi connectivity index (χ4v) is 5.61. The van der Waals surface area contributed by atoms with E-state index >= 15 is 0 Å². The zero-order valence-corrected chi connectivity index (χ0v) is 21.9. The first-order valence-corrected chi connectivity index (χ1v) is 13.5. The lowest BCUT2D eigenvalue weighted by molar-refractivity contribution is -0.116. The van der Waals surface area contributed by atoms with Crippen molar-refractivity contribution in [2.24, 2.45) is 4.99 Å². The Morgan fingerprint density at radius 1 is 1.02 bits per heavy atom. The Balaban J connectivity index is 1.24. The average Bonchev–Trinajstić information content (AvgIpc) is 3.59. The summed E-state index contributed by atoms with van der Waals surface area (Å²) in [5.41, 5.74) is 3.04. The van der Waals surface area contributed by atoms with E-state index in [0.717, 1.165) is 33.9 Å². The molecule has 0 spiro atoms. The maximum absolute atomic E-state index is 14.8. The Morgan fingerprint density at radius 2 is 1.82 bits per heavy atom. The van der Waals surface area contributed by atoms with Gasteiger partial charge in [0.25, 0.3) is 11.8 Å². The van der Waals surface area contributed by atoms with Gasteiger partial charge in [-0.3, -0.25) is 4.79 Å². The molecule has 0 bridgehead atoms. The van der Waals surface area contributed by atoms with Crippen LogP contribution in [0.5, 0.6) is 0 Å². The van der Waals surface area contributed by atoms with E-state index in [1.54, 1.807) is 35.9 Å². The molecule has 40 heavy (non-hydrogen) atoms. The Labute approximate surface area is 231 Å². The lowest BCUT2D eigenvalue weighted by atomic mass is 10.0. The van der Waals surface area contributed by atoms with Gasteiger partial charge in [-0.05, 0) is 25.8 Å². The lowest BCUT2D eigenvalue weighted by Gasteiger charge is -2.11. The molecule has 3 aromatic heterocycles. The van der Waals surface area contributed by atoms with Crippen LogP contribution in [-0.4, -0.2) is 42.9 Å². The predicted molar refractivity (Wildman–Crippen MR) is 148 cm³/mol. The SMILES string of the molecule is Cc1ncc(-c2sc(C3CC3)nc2-c2nnc(N[C@H]3N=C(c4ccccc4)c4cccc(F)c4NC3=O)o2)cn1. The number of benzene rings is 2. The predicted octanol–water partition coefficient (Wildman–Crippen LogP) is 5.20. The number of aromatic nitrogens is 5. The number of rotatable bonds is 6. The van der Waals surface area contributed by atoms with Crippen molar-refractivity contribution in [3.8, 4) is 22.0 Å². The minimum absolute atomic E-state index is 0.0233. The summed E-state index contributed by atoms with van der Waals surface area (Å²) in [6.07, 6.45) is 4.51. The number of aliphatic imine (C=N–C) groups is 1. The number of fused-ring (bicyclic) bond motifs is 1. The molecule has 198 valence electrons. The number of aryl methyl sites for hydroxylation is 1. The summed E-state index contributed by atoms with van der Waals surface area (Å²) >= 11 is 1.56. The number of carbonyl (C=O) groups excluding carboxylic acids is 1. The number of hydrogen-bond donors (Lipinski definition) is 2. The molecule has 1 aliphatic carbocycles. The first kappa shape index (κ1) is 24.2. The van der Waals surface area contributed by atoms with Gasteiger partial charge in [0.2, 0.25) is 6.17 Å². The van der Waals surface area contributed by atoms with E-state index in [2.05, 4.69) is 35.8 Å². The van der Waals surface area contributed by atoms with Gasteiger partial charge in [0.15, 0.2) is 0 Å². The van der Waals surface area contributed by atoms with Gasteiger partial charge in [-0.25, -0.2) is 24.3 Å². The number of para-hydroxylation sites is 1. The highest BCUT2D eigenvalue weighted by atomic mass is 32.1. The third-order valence-corrected chi connectivity index (χ3v) is 7.84. The number of halogens is 1. The molecule has 2 aliphatic rings. The summed E-state index contributed by atoms with van der Waals surface area (Å²) in [6, 6.07) is 13.8. The van der Waals surface area contributed by atoms with Gasteiger partial charge in [0.1, 0.15) is 17.3 Å². The third kappa shape index (κ3) is 4.51. The lowest BCUT2D eigenvalue weighted by Crippen LogP contribution is -2.32. The average molecular weight is 553 g/mol. The normalized spacial score (nSPS) is 16.6. The minimum Gasteiger partial charge on any atom is -0.402 e. The van der Waals surface area contributed by atoms with Crippen LogP contribution in [0.25, 0.3) is 22.0 Å². The molecule has 1 amide bonds. The highest BCUT2D eigenvalue weighted by molar-refractivity contribution is 7.15. The van der Waals surface area contributed by atoms with E-state index < -0.39 is 17.9 Å². The van der Waals surface area contributed by atoms with E-state index in [0.29, 0.717) is 28.7 Å². The van der Waals surface area contributed by atoms with E-state index in [-0.39, 0.29) is 17.6 Å². The molecule has 1 fully saturated rings. The zero-order valence-electron chi connectivity index (χ0n) is 21.1. The molecule has 1 saturated carbocycles. The third-order valence-electron chi connectivity index (χ3n) is 6.57. The van der Waals surface area contributed by atoms with Gasteiger partial charge < -0.3 is 15.1 Å². The number of anilines is 2. The summed E-state index contributed by atoms with van der Waals surface area (Å²) in [6.45, 7) is 1.82. The topological polar surface area (TPSA) is 131 Å². The Bertz CT molecular complexity index is 1760. The monoisotopic (exact) mass is 552 g/mol. The molecule has 12 heteroatoms. The quantitative estimate of drug-likeness (QED) is 0.294. The molecular weight excluding hydrogens is 531 g/mol. The van der Waals surface area contributed by atoms with Gasteiger partial charge in [0, 0.05) is 35.0 Å². The van der Waals surface area contributed by atoms with Crippen molar-refractivity contribution in [3.63, 3.8) is 0 Å². The van der Waals surface area contributed by atoms with Crippen molar-refractivity contribution in [2.45, 2.75) is 31.8 Å². The van der Waals surface area contributed by atoms with Crippen molar-refractivity contribution in [1.82, 2.24) is 25.1 Å². The van der Waals surface area contributed by atoms with E-state index in [1.165, 1.54) is 6.07 Å². The number of hydrogen-bond acceptors (Lipinski definition) is 10. The van der Waals surface area contributed by atoms with E-state index in [4.69, 9.17) is 9.40 Å². The van der Waals surface area contributed by atoms with Crippen LogP contribution in [0.2, 0.25) is 0 Å². The van der Waals surface area contributed by atoms with Crippen LogP contribution < -0.4 is 10.6 Å². The van der Waals surface area contributed by atoms with Gasteiger partial charge in [-0.1, -0.05) is 47.6 Å². The van der Waals surface area contributed by atoms with Crippen LogP contribution in [0, 0.1) is 12.7 Å². The second kappa shape index (κ2) is 9.72. The molecule has 4 heterocycles. The summed E-state index contributed by atoms with van der Waals surface area (Å²) < 4.78 is 20.7. The summed E-state index contributed by atoms with van der Waals surface area (Å²) in [5, 5.41) is 14.9. The number of amides is 1. The summed E-state index contributed by atoms with van der Waals surface area (Å²) in [4.78, 5) is 32.1. The molecule has 5 aromatic rings. The molecule has 2 aromatic carbocycles. The number of benzodiazepines with no additional fused rings is 1. The Morgan fingerprint density at radius 3 is 2.60 bits per heavy atom. The fraction of sp³-hybridized carbons (Fsp3) is 0.179. The summed E-state index contributed by atoms with van der Waals surface area (Å²) in [5.74, 6) is 0.154. The second-order valence-electron chi connectivity index (χ2n) is 9.48. The van der Waals surface area contributed by atoms with Gasteiger partial charge in [0.05, 0.1) is 21.3 Å². The molecule has 0 saturated heterocycles. The van der Waals surface area contributed by atoms with Gasteiger partial charge >= 0.3 is 6.01 Å². The van der Waals surface area contributed by atoms with Crippen LogP contribution in [-0.2, 0) is 4.79 Å². The number of thiazole rings is 1. The van der Waals surface area contributed by atoms with Crippen molar-refractivity contribution in [2.75, 3.05) is 10.6 Å². The molecule has 0 radical (unpaired) electrons. The standard InChI is InChI=1S/C28H21FN8O2S/c1-14-30-12-17(13-31-14)23-22(34-27(40-23)16-10-11-16)26-36-37-28(39-26)35-24-25(38)33-21-18(8-5-9-19(21)29)20(32-24)15-6-3-2-4-7-15/h2-9,12-13,16,24H,10-11H2,1H3,(H,33,38)(H,35,37)/t24-/m1/s1. The molecular formula is C28H21FN8O2S. The largest absolute Gasteiger partial charge is 0.402 e. The van der Waals surface area contributed by atoms with Crippen LogP contribution in [0.15, 0.2) is 70.3 Å². The number of nitrogens with one attached hydrogen (secondary N) is 2. The van der Waals surface area contributed by atoms with Crippen molar-refractivity contribution >= 4 is 34.7 Å². The van der Waals surface area contributed by atoms with Crippen molar-refractivity contribution in [3.05, 3.63) is 88.7 Å². The maximum Gasteiger partial charge on any atom is 0.317 e. The van der Waals surface area contributed by atoms with Crippen LogP contribution >= 0.6 is 11.3 Å². The molecule has 1 aliphatic heterocycles. The first-order valence-electron chi connectivity index (χ1n) is 12.7. The van der Waals surface area contributed by atoms with Crippen LogP contribution in [0.3, 0.4) is 0 Å². The fourth-order valence-electron chi connectivity index (χ4n) is 4.41. The number of carbonyl (C=O) groups is 1. The molecule has 0 unspecified atom stereocenters. The first-order chi connectivity index (χ1) is 19.5.